The summed E-state index contributed by atoms with van der Waals surface area (Å²) in [6, 6.07) is 13.7. The van der Waals surface area contributed by atoms with Crippen LogP contribution < -0.4 is 20.3 Å². The second-order valence-corrected chi connectivity index (χ2v) is 9.22. The highest BCUT2D eigenvalue weighted by Crippen LogP contribution is 2.34. The highest BCUT2D eigenvalue weighted by atomic mass is 16.7. The molecule has 34 heavy (non-hydrogen) atoms. The lowest BCUT2D eigenvalue weighted by Crippen LogP contribution is -2.30. The maximum Gasteiger partial charge on any atom is 0.275 e. The van der Waals surface area contributed by atoms with E-state index in [9.17, 15) is 9.59 Å². The summed E-state index contributed by atoms with van der Waals surface area (Å²) >= 11 is 0. The summed E-state index contributed by atoms with van der Waals surface area (Å²) < 4.78 is 14.6. The summed E-state index contributed by atoms with van der Waals surface area (Å²) in [6.07, 6.45) is 7.14. The fraction of sp³-hybridized carbons (Fsp3) is 0.333. The first kappa shape index (κ1) is 20.8. The molecule has 1 saturated carbocycles. The molecule has 7 heteroatoms. The largest absolute Gasteiger partial charge is 0.454 e. The summed E-state index contributed by atoms with van der Waals surface area (Å²) in [6.45, 7) is 0.567. The first-order valence-electron chi connectivity index (χ1n) is 11.9. The molecule has 3 heterocycles. The number of carbonyl (C=O) groups is 1. The van der Waals surface area contributed by atoms with Crippen LogP contribution in [0.15, 0.2) is 53.5 Å². The minimum Gasteiger partial charge on any atom is -0.454 e. The molecule has 7 nitrogen and oxygen atoms in total. The van der Waals surface area contributed by atoms with Gasteiger partial charge in [-0.25, -0.2) is 0 Å². The Hall–Kier alpha value is -3.74. The maximum atomic E-state index is 13.7. The lowest BCUT2D eigenvalue weighted by molar-refractivity contribution is 0.0951. The zero-order valence-electron chi connectivity index (χ0n) is 19.2. The van der Waals surface area contributed by atoms with Gasteiger partial charge in [-0.15, -0.1) is 0 Å². The molecule has 0 radical (unpaired) electrons. The quantitative estimate of drug-likeness (QED) is 0.484. The molecular weight excluding hydrogens is 430 g/mol. The molecule has 1 aliphatic heterocycles. The second kappa shape index (κ2) is 8.24. The highest BCUT2D eigenvalue weighted by Gasteiger charge is 2.25. The van der Waals surface area contributed by atoms with Crippen molar-refractivity contribution in [1.82, 2.24) is 14.5 Å². The monoisotopic (exact) mass is 457 g/mol. The van der Waals surface area contributed by atoms with Crippen molar-refractivity contribution >= 4 is 27.7 Å². The van der Waals surface area contributed by atoms with Crippen LogP contribution in [0, 0.1) is 0 Å². The number of para-hydroxylation sites is 1. The number of hydrogen-bond acceptors (Lipinski definition) is 4. The van der Waals surface area contributed by atoms with Crippen LogP contribution >= 0.6 is 0 Å². The van der Waals surface area contributed by atoms with Crippen LogP contribution in [0.25, 0.3) is 21.8 Å². The van der Waals surface area contributed by atoms with Crippen molar-refractivity contribution in [3.63, 3.8) is 0 Å². The Labute approximate surface area is 196 Å². The topological polar surface area (TPSA) is 74.5 Å². The third-order valence-corrected chi connectivity index (χ3v) is 7.18. The molecule has 174 valence electrons. The van der Waals surface area contributed by atoms with Crippen molar-refractivity contribution in [1.29, 1.82) is 0 Å². The Morgan fingerprint density at radius 3 is 2.71 bits per heavy atom. The predicted octanol–water partition coefficient (Wildman–Crippen LogP) is 4.66. The summed E-state index contributed by atoms with van der Waals surface area (Å²) in [5.74, 6) is 1.21. The molecule has 0 bridgehead atoms. The molecule has 0 unspecified atom stereocenters. The molecule has 0 saturated heterocycles. The first-order chi connectivity index (χ1) is 16.6. The summed E-state index contributed by atoms with van der Waals surface area (Å²) in [5, 5.41) is 4.70. The molecule has 1 fully saturated rings. The van der Waals surface area contributed by atoms with Gasteiger partial charge in [-0.3, -0.25) is 9.59 Å². The number of aromatic nitrogens is 2. The zero-order chi connectivity index (χ0) is 23.2. The van der Waals surface area contributed by atoms with E-state index in [4.69, 9.17) is 9.47 Å². The molecule has 4 aromatic rings. The van der Waals surface area contributed by atoms with Gasteiger partial charge in [0, 0.05) is 42.1 Å². The van der Waals surface area contributed by atoms with Crippen molar-refractivity contribution in [2.45, 2.75) is 44.7 Å². The van der Waals surface area contributed by atoms with Gasteiger partial charge in [0.05, 0.1) is 5.56 Å². The summed E-state index contributed by atoms with van der Waals surface area (Å²) in [7, 11) is 1.91. The number of benzene rings is 2. The normalized spacial score (nSPS) is 15.8. The third-order valence-electron chi connectivity index (χ3n) is 7.18. The van der Waals surface area contributed by atoms with Gasteiger partial charge < -0.3 is 23.9 Å². The molecule has 2 aliphatic rings. The standard InChI is InChI=1S/C27H27N3O4/c1-29-21-10-6-5-9-19(21)24-20(15-30(27(32)25(24)29)18-7-3-2-4-8-18)26(31)28-14-17-11-12-22-23(13-17)34-16-33-22/h5-6,9-13,15,18H,2-4,7-8,14,16H2,1H3,(H,28,31). The van der Waals surface area contributed by atoms with Crippen molar-refractivity contribution in [3.8, 4) is 11.5 Å². The maximum absolute atomic E-state index is 13.7. The van der Waals surface area contributed by atoms with E-state index in [-0.39, 0.29) is 24.3 Å². The highest BCUT2D eigenvalue weighted by molar-refractivity contribution is 6.17. The van der Waals surface area contributed by atoms with Crippen molar-refractivity contribution in [3.05, 3.63) is 70.1 Å². The third kappa shape index (κ3) is 3.34. The lowest BCUT2D eigenvalue weighted by Gasteiger charge is -2.25. The number of hydrogen-bond donors (Lipinski definition) is 1. The predicted molar refractivity (Wildman–Crippen MR) is 131 cm³/mol. The van der Waals surface area contributed by atoms with E-state index >= 15 is 0 Å². The minimum absolute atomic E-state index is 0.0204. The van der Waals surface area contributed by atoms with Crippen LogP contribution in [-0.2, 0) is 13.6 Å². The van der Waals surface area contributed by atoms with Crippen LogP contribution in [0.2, 0.25) is 0 Å². The van der Waals surface area contributed by atoms with E-state index < -0.39 is 0 Å². The number of carbonyl (C=O) groups excluding carboxylic acids is 1. The van der Waals surface area contributed by atoms with Crippen LogP contribution in [0.1, 0.15) is 54.1 Å². The number of aryl methyl sites for hydroxylation is 1. The smallest absolute Gasteiger partial charge is 0.275 e. The van der Waals surface area contributed by atoms with Gasteiger partial charge in [-0.2, -0.15) is 0 Å². The van der Waals surface area contributed by atoms with Gasteiger partial charge in [0.25, 0.3) is 11.5 Å². The van der Waals surface area contributed by atoms with Gasteiger partial charge in [0.15, 0.2) is 11.5 Å². The molecule has 2 aromatic carbocycles. The summed E-state index contributed by atoms with van der Waals surface area (Å²) in [4.78, 5) is 27.2. The first-order valence-corrected chi connectivity index (χ1v) is 11.9. The second-order valence-electron chi connectivity index (χ2n) is 9.22. The average Bonchev–Trinajstić information content (AvgIpc) is 3.46. The Bertz CT molecular complexity index is 1480. The molecular formula is C27H27N3O4. The van der Waals surface area contributed by atoms with Crippen LogP contribution in [0.3, 0.4) is 0 Å². The van der Waals surface area contributed by atoms with Crippen LogP contribution in [-0.4, -0.2) is 21.8 Å². The van der Waals surface area contributed by atoms with Crippen LogP contribution in [0.5, 0.6) is 11.5 Å². The molecule has 0 spiro atoms. The van der Waals surface area contributed by atoms with E-state index in [0.29, 0.717) is 29.1 Å². The Balaban J connectivity index is 1.44. The van der Waals surface area contributed by atoms with E-state index in [1.807, 2.05) is 58.6 Å². The van der Waals surface area contributed by atoms with Gasteiger partial charge in [0.2, 0.25) is 6.79 Å². The van der Waals surface area contributed by atoms with Crippen molar-refractivity contribution < 1.29 is 14.3 Å². The molecule has 1 N–H and O–H groups in total. The van der Waals surface area contributed by atoms with E-state index in [2.05, 4.69) is 5.32 Å². The lowest BCUT2D eigenvalue weighted by atomic mass is 9.95. The molecule has 2 aromatic heterocycles. The molecule has 1 aliphatic carbocycles. The number of fused-ring (bicyclic) bond motifs is 4. The average molecular weight is 458 g/mol. The number of rotatable bonds is 4. The summed E-state index contributed by atoms with van der Waals surface area (Å²) in [5.41, 5.74) is 2.97. The van der Waals surface area contributed by atoms with Crippen LogP contribution in [0.4, 0.5) is 0 Å². The van der Waals surface area contributed by atoms with E-state index in [0.717, 1.165) is 47.5 Å². The Morgan fingerprint density at radius 2 is 1.85 bits per heavy atom. The zero-order valence-corrected chi connectivity index (χ0v) is 19.2. The van der Waals surface area contributed by atoms with Gasteiger partial charge in [-0.05, 0) is 36.6 Å². The number of nitrogens with zero attached hydrogens (tertiary/aromatic N) is 2. The fourth-order valence-corrected chi connectivity index (χ4v) is 5.43. The van der Waals surface area contributed by atoms with E-state index in [1.165, 1.54) is 6.42 Å². The molecule has 1 amide bonds. The number of pyridine rings is 1. The SMILES string of the molecule is Cn1c2ccccc2c2c(C(=O)NCc3ccc4c(c3)OCO4)cn(C3CCCCC3)c(=O)c21. The van der Waals surface area contributed by atoms with E-state index in [1.54, 1.807) is 6.20 Å². The van der Waals surface area contributed by atoms with Crippen molar-refractivity contribution in [2.75, 3.05) is 6.79 Å². The van der Waals surface area contributed by atoms with Gasteiger partial charge in [0.1, 0.15) is 5.52 Å². The Morgan fingerprint density at radius 1 is 1.06 bits per heavy atom. The number of nitrogens with one attached hydrogen (secondary N) is 1. The van der Waals surface area contributed by atoms with Gasteiger partial charge >= 0.3 is 0 Å². The fourth-order valence-electron chi connectivity index (χ4n) is 5.43. The molecule has 0 atom stereocenters. The van der Waals surface area contributed by atoms with Gasteiger partial charge in [-0.1, -0.05) is 43.5 Å². The van der Waals surface area contributed by atoms with Crippen molar-refractivity contribution in [2.24, 2.45) is 7.05 Å². The minimum atomic E-state index is -0.191. The number of ether oxygens (including phenoxy) is 2. The number of amides is 1. The Kier molecular flexibility index (Phi) is 5.05. The molecule has 6 rings (SSSR count).